The van der Waals surface area contributed by atoms with E-state index in [9.17, 15) is 4.79 Å². The van der Waals surface area contributed by atoms with Crippen LogP contribution in [0.2, 0.25) is 0 Å². The molecule has 2 fully saturated rings. The van der Waals surface area contributed by atoms with Gasteiger partial charge in [0.2, 0.25) is 0 Å². The number of likely N-dealkylation sites (N-methyl/N-ethyl adjacent to an activating group) is 1. The molecule has 1 saturated carbocycles. The van der Waals surface area contributed by atoms with E-state index in [1.54, 1.807) is 10.6 Å². The van der Waals surface area contributed by atoms with Crippen LogP contribution in [0.15, 0.2) is 53.7 Å². The lowest BCUT2D eigenvalue weighted by molar-refractivity contribution is 0.313. The van der Waals surface area contributed by atoms with E-state index >= 15 is 0 Å². The zero-order valence-corrected chi connectivity index (χ0v) is 21.8. The summed E-state index contributed by atoms with van der Waals surface area (Å²) < 4.78 is 3.82. The van der Waals surface area contributed by atoms with Crippen LogP contribution < -0.4 is 10.5 Å². The summed E-state index contributed by atoms with van der Waals surface area (Å²) in [5.74, 6) is 1.32. The number of fused-ring (bicyclic) bond motifs is 1. The summed E-state index contributed by atoms with van der Waals surface area (Å²) in [7, 11) is 4.19. The number of benzene rings is 1. The highest BCUT2D eigenvalue weighted by atomic mass is 16.1. The SMILES string of the molecule is CN1CCN(c2ccc(CCCc3ncc4ccc(=O)n(Cc5c(C6CC6)ncn5C)c4n3)cc2)CC1. The molecule has 1 aromatic carbocycles. The number of rotatable bonds is 8. The maximum absolute atomic E-state index is 12.9. The van der Waals surface area contributed by atoms with Gasteiger partial charge in [-0.15, -0.1) is 0 Å². The first-order valence-corrected chi connectivity index (χ1v) is 13.4. The summed E-state index contributed by atoms with van der Waals surface area (Å²) in [5.41, 5.74) is 5.53. The molecule has 1 saturated heterocycles. The van der Waals surface area contributed by atoms with Gasteiger partial charge in [0, 0.05) is 68.9 Å². The smallest absolute Gasteiger partial charge is 0.252 e. The third-order valence-electron chi connectivity index (χ3n) is 7.81. The van der Waals surface area contributed by atoms with Crippen molar-refractivity contribution in [3.05, 3.63) is 82.1 Å². The predicted molar refractivity (Wildman–Crippen MR) is 146 cm³/mol. The van der Waals surface area contributed by atoms with Crippen LogP contribution in [0.25, 0.3) is 11.0 Å². The average Bonchev–Trinajstić information content (AvgIpc) is 3.69. The number of pyridine rings is 1. The Bertz CT molecular complexity index is 1440. The fourth-order valence-electron chi connectivity index (χ4n) is 5.28. The fourth-order valence-corrected chi connectivity index (χ4v) is 5.28. The Morgan fingerprint density at radius 1 is 0.919 bits per heavy atom. The molecular formula is C29H35N7O. The molecule has 2 aliphatic rings. The molecule has 0 N–H and O–H groups in total. The van der Waals surface area contributed by atoms with Gasteiger partial charge >= 0.3 is 0 Å². The minimum atomic E-state index is -0.0412. The number of aromatic nitrogens is 5. The van der Waals surface area contributed by atoms with E-state index in [1.807, 2.05) is 30.2 Å². The van der Waals surface area contributed by atoms with Crippen molar-refractivity contribution in [2.75, 3.05) is 38.1 Å². The zero-order valence-electron chi connectivity index (χ0n) is 21.8. The minimum Gasteiger partial charge on any atom is -0.369 e. The second kappa shape index (κ2) is 10.1. The summed E-state index contributed by atoms with van der Waals surface area (Å²) in [6.07, 6.45) is 8.79. The summed E-state index contributed by atoms with van der Waals surface area (Å²) in [6.45, 7) is 4.89. The van der Waals surface area contributed by atoms with Crippen molar-refractivity contribution in [2.24, 2.45) is 7.05 Å². The standard InChI is InChI=1S/C29H35N7O/c1-33-14-16-35(17-15-33)24-11-6-21(7-12-24)4-3-5-26-30-18-23-10-13-27(37)36(29(23)32-26)19-25-28(22-8-9-22)31-20-34(25)2/h6-7,10-13,18,20,22H,3-5,8-9,14-17,19H2,1-2H3. The number of nitrogens with zero attached hydrogens (tertiary/aromatic N) is 7. The molecule has 0 bridgehead atoms. The lowest BCUT2D eigenvalue weighted by atomic mass is 10.1. The van der Waals surface area contributed by atoms with Gasteiger partial charge in [-0.25, -0.2) is 15.0 Å². The van der Waals surface area contributed by atoms with Crippen LogP contribution >= 0.6 is 0 Å². The molecule has 4 heterocycles. The molecule has 4 aromatic rings. The normalized spacial score (nSPS) is 16.5. The van der Waals surface area contributed by atoms with Gasteiger partial charge in [-0.3, -0.25) is 9.36 Å². The van der Waals surface area contributed by atoms with Crippen molar-refractivity contribution in [1.29, 1.82) is 0 Å². The number of imidazole rings is 1. The first-order valence-electron chi connectivity index (χ1n) is 13.4. The summed E-state index contributed by atoms with van der Waals surface area (Å²) in [6, 6.07) is 12.4. The van der Waals surface area contributed by atoms with Crippen molar-refractivity contribution < 1.29 is 0 Å². The van der Waals surface area contributed by atoms with Crippen LogP contribution in [0, 0.1) is 0 Å². The number of aryl methyl sites for hydroxylation is 3. The summed E-state index contributed by atoms with van der Waals surface area (Å²) >= 11 is 0. The van der Waals surface area contributed by atoms with Gasteiger partial charge in [-0.05, 0) is 56.5 Å². The van der Waals surface area contributed by atoms with Gasteiger partial charge in [0.25, 0.3) is 5.56 Å². The van der Waals surface area contributed by atoms with E-state index in [4.69, 9.17) is 4.98 Å². The number of hydrogen-bond acceptors (Lipinski definition) is 6. The van der Waals surface area contributed by atoms with E-state index in [2.05, 4.69) is 51.1 Å². The molecule has 8 heteroatoms. The number of hydrogen-bond donors (Lipinski definition) is 0. The van der Waals surface area contributed by atoms with Gasteiger partial charge in [0.1, 0.15) is 11.5 Å². The van der Waals surface area contributed by atoms with Crippen LogP contribution in [-0.4, -0.2) is 62.2 Å². The Labute approximate surface area is 217 Å². The number of anilines is 1. The largest absolute Gasteiger partial charge is 0.369 e. The lowest BCUT2D eigenvalue weighted by Gasteiger charge is -2.34. The third-order valence-corrected chi connectivity index (χ3v) is 7.81. The minimum absolute atomic E-state index is 0.0412. The second-order valence-electron chi connectivity index (χ2n) is 10.6. The molecule has 6 rings (SSSR count). The molecule has 0 radical (unpaired) electrons. The summed E-state index contributed by atoms with van der Waals surface area (Å²) in [5, 5.41) is 0.887. The monoisotopic (exact) mass is 497 g/mol. The Morgan fingerprint density at radius 2 is 1.70 bits per heavy atom. The molecule has 192 valence electrons. The van der Waals surface area contributed by atoms with Crippen molar-refractivity contribution in [2.45, 2.75) is 44.6 Å². The molecule has 37 heavy (non-hydrogen) atoms. The van der Waals surface area contributed by atoms with Crippen LogP contribution in [0.1, 0.15) is 48.0 Å². The predicted octanol–water partition coefficient (Wildman–Crippen LogP) is 3.38. The highest BCUT2D eigenvalue weighted by molar-refractivity contribution is 5.73. The maximum atomic E-state index is 12.9. The van der Waals surface area contributed by atoms with Crippen LogP contribution in [-0.2, 0) is 26.4 Å². The van der Waals surface area contributed by atoms with E-state index in [0.29, 0.717) is 18.1 Å². The number of piperazine rings is 1. The lowest BCUT2D eigenvalue weighted by Crippen LogP contribution is -2.44. The van der Waals surface area contributed by atoms with Gasteiger partial charge in [-0.1, -0.05) is 12.1 Å². The Balaban J connectivity index is 1.14. The Morgan fingerprint density at radius 3 is 2.46 bits per heavy atom. The topological polar surface area (TPSA) is 72.1 Å². The quantitative estimate of drug-likeness (QED) is 0.372. The Hall–Kier alpha value is -3.52. The molecular weight excluding hydrogens is 462 g/mol. The fraction of sp³-hybridized carbons (Fsp3) is 0.448. The first kappa shape index (κ1) is 23.9. The zero-order chi connectivity index (χ0) is 25.4. The van der Waals surface area contributed by atoms with E-state index < -0.39 is 0 Å². The molecule has 3 aromatic heterocycles. The van der Waals surface area contributed by atoms with Crippen LogP contribution in [0.3, 0.4) is 0 Å². The maximum Gasteiger partial charge on any atom is 0.252 e. The van der Waals surface area contributed by atoms with Crippen LogP contribution in [0.4, 0.5) is 5.69 Å². The molecule has 0 unspecified atom stereocenters. The molecule has 1 aliphatic carbocycles. The molecule has 0 atom stereocenters. The summed E-state index contributed by atoms with van der Waals surface area (Å²) in [4.78, 5) is 31.8. The Kier molecular flexibility index (Phi) is 6.50. The van der Waals surface area contributed by atoms with Crippen molar-refractivity contribution in [3.8, 4) is 0 Å². The molecule has 0 spiro atoms. The molecule has 0 amide bonds. The van der Waals surface area contributed by atoms with Crippen LogP contribution in [0.5, 0.6) is 0 Å². The third kappa shape index (κ3) is 5.16. The molecule has 1 aliphatic heterocycles. The van der Waals surface area contributed by atoms with Crippen molar-refractivity contribution in [3.63, 3.8) is 0 Å². The van der Waals surface area contributed by atoms with E-state index in [-0.39, 0.29) is 5.56 Å². The van der Waals surface area contributed by atoms with Gasteiger partial charge in [0.05, 0.1) is 24.3 Å². The highest BCUT2D eigenvalue weighted by Gasteiger charge is 2.29. The van der Waals surface area contributed by atoms with Gasteiger partial charge in [0.15, 0.2) is 0 Å². The first-order chi connectivity index (χ1) is 18.0. The highest BCUT2D eigenvalue weighted by Crippen LogP contribution is 2.40. The van der Waals surface area contributed by atoms with Crippen molar-refractivity contribution in [1.82, 2.24) is 29.0 Å². The van der Waals surface area contributed by atoms with Crippen molar-refractivity contribution >= 4 is 16.7 Å². The molecule has 8 nitrogen and oxygen atoms in total. The average molecular weight is 498 g/mol. The van der Waals surface area contributed by atoms with Gasteiger partial charge in [-0.2, -0.15) is 0 Å². The second-order valence-corrected chi connectivity index (χ2v) is 10.6. The van der Waals surface area contributed by atoms with E-state index in [0.717, 1.165) is 68.0 Å². The van der Waals surface area contributed by atoms with Gasteiger partial charge < -0.3 is 14.4 Å². The van der Waals surface area contributed by atoms with E-state index in [1.165, 1.54) is 24.1 Å².